The summed E-state index contributed by atoms with van der Waals surface area (Å²) in [6.07, 6.45) is -8.65. The molecule has 326 valence electrons. The maximum atomic E-state index is 15.6. The molecule has 2 saturated carbocycles. The number of ketones is 1. The average Bonchev–Trinajstić information content (AvgIpc) is 3.19. The third-order valence-electron chi connectivity index (χ3n) is 13.0. The Balaban J connectivity index is 1.51. The lowest BCUT2D eigenvalue weighted by atomic mass is 9.44. The number of aliphatic hydroxyl groups is 2. The predicted octanol–water partition coefficient (Wildman–Crippen LogP) is 3.49. The van der Waals surface area contributed by atoms with Gasteiger partial charge in [-0.3, -0.25) is 9.59 Å². The molecule has 3 aliphatic carbocycles. The van der Waals surface area contributed by atoms with E-state index in [9.17, 15) is 29.4 Å². The summed E-state index contributed by atoms with van der Waals surface area (Å²) in [6, 6.07) is 16.9. The van der Waals surface area contributed by atoms with Gasteiger partial charge in [-0.15, -0.1) is 0 Å². The van der Waals surface area contributed by atoms with Crippen molar-refractivity contribution >= 4 is 29.7 Å². The van der Waals surface area contributed by atoms with E-state index in [1.54, 1.807) is 88.4 Å². The van der Waals surface area contributed by atoms with Crippen LogP contribution >= 0.6 is 0 Å². The Morgan fingerprint density at radius 3 is 2.17 bits per heavy atom. The fourth-order valence-corrected chi connectivity index (χ4v) is 10.0. The Labute approximate surface area is 349 Å². The maximum absolute atomic E-state index is 15.6. The normalized spacial score (nSPS) is 32.7. The first-order valence-corrected chi connectivity index (χ1v) is 20.2. The summed E-state index contributed by atoms with van der Waals surface area (Å²) in [7, 11) is 2.80. The monoisotopic (exact) mass is 836 g/mol. The zero-order valence-electron chi connectivity index (χ0n) is 35.3. The zero-order chi connectivity index (χ0) is 43.8. The van der Waals surface area contributed by atoms with Crippen molar-refractivity contribution in [3.05, 3.63) is 82.9 Å². The molecular weight excluding hydrogens is 780 g/mol. The van der Waals surface area contributed by atoms with Crippen LogP contribution < -0.4 is 0 Å². The molecule has 2 N–H and O–H groups in total. The number of benzene rings is 2. The first-order valence-electron chi connectivity index (χ1n) is 20.2. The summed E-state index contributed by atoms with van der Waals surface area (Å²) in [5.74, 6) is -5.14. The summed E-state index contributed by atoms with van der Waals surface area (Å²) in [4.78, 5) is 70.2. The van der Waals surface area contributed by atoms with Crippen LogP contribution in [-0.2, 0) is 63.5 Å². The van der Waals surface area contributed by atoms with E-state index in [2.05, 4.69) is 0 Å². The van der Waals surface area contributed by atoms with Gasteiger partial charge in [0, 0.05) is 45.8 Å². The topological polar surface area (TPSA) is 200 Å². The van der Waals surface area contributed by atoms with Gasteiger partial charge < -0.3 is 48.1 Å². The van der Waals surface area contributed by atoms with Crippen molar-refractivity contribution in [1.29, 1.82) is 0 Å². The average molecular weight is 837 g/mol. The minimum Gasteiger partial charge on any atom is -0.455 e. The van der Waals surface area contributed by atoms with Crippen LogP contribution in [0.2, 0.25) is 0 Å². The van der Waals surface area contributed by atoms with Gasteiger partial charge in [-0.1, -0.05) is 62.4 Å². The Bertz CT molecular complexity index is 1960. The molecule has 60 heavy (non-hydrogen) atoms. The van der Waals surface area contributed by atoms with Gasteiger partial charge in [-0.25, -0.2) is 14.4 Å². The minimum absolute atomic E-state index is 0.0818. The van der Waals surface area contributed by atoms with Crippen LogP contribution in [0.5, 0.6) is 0 Å². The van der Waals surface area contributed by atoms with Crippen molar-refractivity contribution in [1.82, 2.24) is 0 Å². The van der Waals surface area contributed by atoms with Crippen molar-refractivity contribution < 1.29 is 72.1 Å². The van der Waals surface area contributed by atoms with E-state index in [0.717, 1.165) is 0 Å². The van der Waals surface area contributed by atoms with Crippen molar-refractivity contribution in [3.63, 3.8) is 0 Å². The molecule has 1 aliphatic heterocycles. The Hall–Kier alpha value is -4.51. The fourth-order valence-electron chi connectivity index (χ4n) is 10.0. The largest absolute Gasteiger partial charge is 0.455 e. The molecule has 6 rings (SSSR count). The SMILES string of the molecule is CO[C@H]1C(=O)[C@@]2(C)C([C@H](OC(=O)c3ccccc3)[C@]3(O)C[C@H](OC(=O)[C@@H](Cc4ccccc4)OC(=O)COCC(C)O)C(C)=C1C3(C)C)[C@]1(OC(C)=O)COC1C[C@@H]2OC. The molecule has 15 heteroatoms. The molecule has 3 unspecified atom stereocenters. The van der Waals surface area contributed by atoms with Gasteiger partial charge in [0.15, 0.2) is 11.4 Å². The quantitative estimate of drug-likeness (QED) is 0.159. The highest BCUT2D eigenvalue weighted by Gasteiger charge is 2.78. The molecule has 2 aromatic rings. The minimum atomic E-state index is -2.19. The van der Waals surface area contributed by atoms with Gasteiger partial charge in [0.2, 0.25) is 6.10 Å². The molecule has 15 nitrogen and oxygen atoms in total. The van der Waals surface area contributed by atoms with Gasteiger partial charge in [-0.05, 0) is 49.6 Å². The number of ether oxygens (including phenoxy) is 8. The molecule has 0 aromatic heterocycles. The van der Waals surface area contributed by atoms with Gasteiger partial charge in [0.25, 0.3) is 0 Å². The Morgan fingerprint density at radius 2 is 1.60 bits per heavy atom. The summed E-state index contributed by atoms with van der Waals surface area (Å²) in [6.45, 7) is 8.58. The second kappa shape index (κ2) is 17.5. The highest BCUT2D eigenvalue weighted by atomic mass is 16.6. The van der Waals surface area contributed by atoms with E-state index in [1.165, 1.54) is 28.1 Å². The molecule has 0 amide bonds. The van der Waals surface area contributed by atoms with Crippen LogP contribution in [0, 0.1) is 16.7 Å². The third-order valence-corrected chi connectivity index (χ3v) is 13.0. The summed E-state index contributed by atoms with van der Waals surface area (Å²) in [5.41, 5.74) is -5.39. The number of hydrogen-bond donors (Lipinski definition) is 2. The maximum Gasteiger partial charge on any atom is 0.348 e. The van der Waals surface area contributed by atoms with Gasteiger partial charge in [-0.2, -0.15) is 0 Å². The fraction of sp³-hybridized carbons (Fsp3) is 0.578. The molecule has 1 saturated heterocycles. The number of methoxy groups -OCH3 is 2. The van der Waals surface area contributed by atoms with E-state index in [-0.39, 0.29) is 43.6 Å². The van der Waals surface area contributed by atoms with E-state index >= 15 is 4.79 Å². The molecule has 0 radical (unpaired) electrons. The number of hydrogen-bond acceptors (Lipinski definition) is 15. The number of Topliss-reactive ketones (excluding diaryl/α,β-unsaturated/α-hetero) is 1. The predicted molar refractivity (Wildman–Crippen MR) is 211 cm³/mol. The molecular formula is C45H56O15. The van der Waals surface area contributed by atoms with Crippen molar-refractivity contribution in [3.8, 4) is 0 Å². The van der Waals surface area contributed by atoms with E-state index in [1.807, 2.05) is 0 Å². The first kappa shape index (κ1) is 45.0. The van der Waals surface area contributed by atoms with Crippen LogP contribution in [0.1, 0.15) is 70.3 Å². The summed E-state index contributed by atoms with van der Waals surface area (Å²) in [5, 5.41) is 23.3. The van der Waals surface area contributed by atoms with Crippen molar-refractivity contribution in [2.75, 3.05) is 34.0 Å². The lowest BCUT2D eigenvalue weighted by molar-refractivity contribution is -0.347. The van der Waals surface area contributed by atoms with Gasteiger partial charge in [0.05, 0.1) is 42.3 Å². The highest BCUT2D eigenvalue weighted by Crippen LogP contribution is 2.64. The molecule has 0 spiro atoms. The van der Waals surface area contributed by atoms with Gasteiger partial charge >= 0.3 is 23.9 Å². The standard InChI is InChI=1S/C45H56O15/c1-25(46)22-55-23-34(48)57-30(19-28-15-11-9-12-16-28)41(51)58-31-21-45(52)39(59-40(50)29-17-13-10-14-18-29)37-43(6,38(49)36(54-8)35(26(31)2)42(45,4)5)32(53-7)20-33-44(37,24-56-33)60-27(3)47/h9-18,25,30-33,36-37,39,46,52H,19-24H2,1-8H3/t25?,30-,31+,32+,33?,36-,37?,39+,43-,44+,45-/m1/s1. The van der Waals surface area contributed by atoms with Crippen molar-refractivity contribution in [2.45, 2.75) is 115 Å². The molecule has 2 aromatic carbocycles. The highest BCUT2D eigenvalue weighted by molar-refractivity contribution is 5.94. The number of carbonyl (C=O) groups is 5. The summed E-state index contributed by atoms with van der Waals surface area (Å²) >= 11 is 0. The second-order valence-electron chi connectivity index (χ2n) is 17.0. The van der Waals surface area contributed by atoms with Crippen LogP contribution in [0.4, 0.5) is 0 Å². The molecule has 4 aliphatic rings. The Kier molecular flexibility index (Phi) is 13.1. The van der Waals surface area contributed by atoms with Crippen LogP contribution in [0.25, 0.3) is 0 Å². The van der Waals surface area contributed by atoms with Crippen molar-refractivity contribution in [2.24, 2.45) is 16.7 Å². The number of carbonyl (C=O) groups excluding carboxylic acids is 5. The van der Waals surface area contributed by atoms with Crippen LogP contribution in [0.15, 0.2) is 71.8 Å². The molecule has 3 fully saturated rings. The van der Waals surface area contributed by atoms with Crippen LogP contribution in [-0.4, -0.2) is 128 Å². The van der Waals surface area contributed by atoms with E-state index in [0.29, 0.717) is 11.1 Å². The summed E-state index contributed by atoms with van der Waals surface area (Å²) < 4.78 is 48.0. The first-order chi connectivity index (χ1) is 28.3. The van der Waals surface area contributed by atoms with Gasteiger partial charge in [0.1, 0.15) is 36.6 Å². The third kappa shape index (κ3) is 7.91. The number of esters is 4. The molecule has 11 atom stereocenters. The molecule has 2 bridgehead atoms. The lowest BCUT2D eigenvalue weighted by Gasteiger charge is -2.67. The lowest BCUT2D eigenvalue weighted by Crippen LogP contribution is -2.82. The Morgan fingerprint density at radius 1 is 0.950 bits per heavy atom. The number of fused-ring (bicyclic) bond motifs is 5. The smallest absolute Gasteiger partial charge is 0.348 e. The second-order valence-corrected chi connectivity index (χ2v) is 17.0. The number of aliphatic hydroxyl groups excluding tert-OH is 1. The zero-order valence-corrected chi connectivity index (χ0v) is 35.3. The van der Waals surface area contributed by atoms with E-state index < -0.39 is 107 Å². The molecule has 1 heterocycles. The number of rotatable bonds is 14. The van der Waals surface area contributed by atoms with E-state index in [4.69, 9.17) is 37.9 Å². The van der Waals surface area contributed by atoms with Crippen LogP contribution in [0.3, 0.4) is 0 Å².